The van der Waals surface area contributed by atoms with E-state index in [2.05, 4.69) is 39.3 Å². The summed E-state index contributed by atoms with van der Waals surface area (Å²) in [6.45, 7) is 12.8. The highest BCUT2D eigenvalue weighted by molar-refractivity contribution is 6.37. The second-order valence-corrected chi connectivity index (χ2v) is 3.42. The van der Waals surface area contributed by atoms with Gasteiger partial charge in [0.05, 0.1) is 12.5 Å². The van der Waals surface area contributed by atoms with Crippen LogP contribution >= 0.6 is 0 Å². The minimum atomic E-state index is 0.458. The van der Waals surface area contributed by atoms with Crippen molar-refractivity contribution in [3.8, 4) is 0 Å². The number of hydrogen-bond donors (Lipinski definition) is 0. The van der Waals surface area contributed by atoms with Crippen molar-refractivity contribution in [1.82, 2.24) is 0 Å². The van der Waals surface area contributed by atoms with Crippen LogP contribution in [0.25, 0.3) is 0 Å². The van der Waals surface area contributed by atoms with Gasteiger partial charge in [0.2, 0.25) is 0 Å². The third-order valence-corrected chi connectivity index (χ3v) is 2.12. The van der Waals surface area contributed by atoms with Crippen LogP contribution in [0.15, 0.2) is 29.1 Å². The van der Waals surface area contributed by atoms with E-state index in [0.29, 0.717) is 5.31 Å². The Morgan fingerprint density at radius 2 is 1.57 bits per heavy atom. The molecule has 0 aliphatic rings. The molecular weight excluding hydrogens is 171 g/mol. The molecule has 0 unspecified atom stereocenters. The first-order chi connectivity index (χ1) is 6.62. The zero-order valence-corrected chi connectivity index (χ0v) is 10.5. The van der Waals surface area contributed by atoms with Crippen molar-refractivity contribution in [3.63, 3.8) is 0 Å². The molecule has 0 atom stereocenters. The molecule has 14 heavy (non-hydrogen) atoms. The molecule has 1 radical (unpaired) electrons. The summed E-state index contributed by atoms with van der Waals surface area (Å²) in [5, 5.41) is 0.458. The summed E-state index contributed by atoms with van der Waals surface area (Å²) in [7, 11) is 2.24. The maximum Gasteiger partial charge on any atom is 0.113 e. The zero-order valence-electron chi connectivity index (χ0n) is 10.5. The molecule has 0 saturated carbocycles. The molecule has 0 bridgehead atoms. The van der Waals surface area contributed by atoms with E-state index in [-0.39, 0.29) is 0 Å². The predicted octanol–water partition coefficient (Wildman–Crippen LogP) is 4.65. The van der Waals surface area contributed by atoms with Gasteiger partial charge in [-0.05, 0) is 12.1 Å². The summed E-state index contributed by atoms with van der Waals surface area (Å²) >= 11 is 0. The minimum absolute atomic E-state index is 0.458. The van der Waals surface area contributed by atoms with Gasteiger partial charge in [-0.25, -0.2) is 0 Å². The Morgan fingerprint density at radius 3 is 1.64 bits per heavy atom. The van der Waals surface area contributed by atoms with Crippen molar-refractivity contribution < 1.29 is 4.42 Å². The highest BCUT2D eigenvalue weighted by atomic mass is 16.3. The number of furan rings is 1. The van der Waals surface area contributed by atoms with Crippen LogP contribution in [0.5, 0.6) is 0 Å². The summed E-state index contributed by atoms with van der Waals surface area (Å²) in [6.07, 6.45) is 4.49. The maximum atomic E-state index is 4.58. The van der Waals surface area contributed by atoms with E-state index in [1.54, 1.807) is 12.5 Å². The Morgan fingerprint density at radius 1 is 1.14 bits per heavy atom. The second kappa shape index (κ2) is 10.4. The maximum absolute atomic E-state index is 4.58. The molecule has 0 aliphatic heterocycles. The Labute approximate surface area is 90.1 Å². The van der Waals surface area contributed by atoms with Gasteiger partial charge in [0, 0.05) is 0 Å². The van der Waals surface area contributed by atoms with E-state index in [0.717, 1.165) is 0 Å². The lowest BCUT2D eigenvalue weighted by molar-refractivity contribution is 0.567. The minimum Gasteiger partial charge on any atom is -0.473 e. The van der Waals surface area contributed by atoms with E-state index < -0.39 is 0 Å². The van der Waals surface area contributed by atoms with Gasteiger partial charge < -0.3 is 4.42 Å². The van der Waals surface area contributed by atoms with Crippen LogP contribution in [0.4, 0.5) is 0 Å². The van der Waals surface area contributed by atoms with E-state index in [1.807, 2.05) is 26.0 Å². The molecule has 81 valence electrons. The van der Waals surface area contributed by atoms with Crippen molar-refractivity contribution >= 4 is 7.28 Å². The van der Waals surface area contributed by atoms with Crippen LogP contribution in [0, 0.1) is 0 Å². The molecule has 0 amide bonds. The van der Waals surface area contributed by atoms with Gasteiger partial charge in [0.1, 0.15) is 7.28 Å². The van der Waals surface area contributed by atoms with Crippen LogP contribution < -0.4 is 0 Å². The Kier molecular flexibility index (Phi) is 11.8. The standard InChI is InChI=1S/C6H14B.C4H4O.C2H6/c1-5-6(2,3)7-4;1-2-4-5-3-1;1-2/h5H2,1-4H3;1-4H;1-2H3. The van der Waals surface area contributed by atoms with E-state index in [1.165, 1.54) is 6.42 Å². The third kappa shape index (κ3) is 11.3. The molecule has 0 N–H and O–H groups in total. The number of hydrogen-bond acceptors (Lipinski definition) is 1. The lowest BCUT2D eigenvalue weighted by atomic mass is 9.55. The molecule has 1 aromatic rings. The molecule has 1 heterocycles. The van der Waals surface area contributed by atoms with Crippen molar-refractivity contribution in [2.24, 2.45) is 0 Å². The fraction of sp³-hybridized carbons (Fsp3) is 0.667. The van der Waals surface area contributed by atoms with Gasteiger partial charge in [-0.15, -0.1) is 0 Å². The van der Waals surface area contributed by atoms with Gasteiger partial charge in [-0.2, -0.15) is 0 Å². The van der Waals surface area contributed by atoms with E-state index in [4.69, 9.17) is 0 Å². The quantitative estimate of drug-likeness (QED) is 0.626. The van der Waals surface area contributed by atoms with Gasteiger partial charge in [-0.1, -0.05) is 53.2 Å². The zero-order chi connectivity index (χ0) is 11.4. The second-order valence-electron chi connectivity index (χ2n) is 3.42. The number of rotatable bonds is 2. The molecule has 0 aliphatic carbocycles. The van der Waals surface area contributed by atoms with Crippen LogP contribution in [0.1, 0.15) is 41.0 Å². The van der Waals surface area contributed by atoms with Crippen LogP contribution in [0.2, 0.25) is 12.1 Å². The smallest absolute Gasteiger partial charge is 0.113 e. The summed E-state index contributed by atoms with van der Waals surface area (Å²) in [5.41, 5.74) is 0. The lowest BCUT2D eigenvalue weighted by Gasteiger charge is -2.17. The van der Waals surface area contributed by atoms with Gasteiger partial charge >= 0.3 is 0 Å². The average Bonchev–Trinajstić information content (AvgIpc) is 2.79. The molecule has 1 rings (SSSR count). The van der Waals surface area contributed by atoms with Crippen molar-refractivity contribution in [2.45, 2.75) is 53.2 Å². The molecule has 2 heteroatoms. The highest BCUT2D eigenvalue weighted by Gasteiger charge is 2.10. The topological polar surface area (TPSA) is 13.1 Å². The molecule has 0 fully saturated rings. The predicted molar refractivity (Wildman–Crippen MR) is 66.0 cm³/mol. The molecule has 1 aromatic heterocycles. The van der Waals surface area contributed by atoms with Crippen molar-refractivity contribution in [3.05, 3.63) is 24.7 Å². The summed E-state index contributed by atoms with van der Waals surface area (Å²) < 4.78 is 4.58. The lowest BCUT2D eigenvalue weighted by Crippen LogP contribution is -2.06. The molecule has 0 spiro atoms. The summed E-state index contributed by atoms with van der Waals surface area (Å²) in [4.78, 5) is 0. The van der Waals surface area contributed by atoms with Crippen molar-refractivity contribution in [2.75, 3.05) is 0 Å². The fourth-order valence-electron chi connectivity index (χ4n) is 0.431. The summed E-state index contributed by atoms with van der Waals surface area (Å²) in [6, 6.07) is 3.67. The molecular formula is C12H24BO. The first kappa shape index (κ1) is 15.8. The molecule has 1 nitrogen and oxygen atoms in total. The van der Waals surface area contributed by atoms with Gasteiger partial charge in [0.15, 0.2) is 0 Å². The van der Waals surface area contributed by atoms with Crippen LogP contribution in [0.3, 0.4) is 0 Å². The van der Waals surface area contributed by atoms with Gasteiger partial charge in [-0.3, -0.25) is 0 Å². The molecule has 0 aromatic carbocycles. The van der Waals surface area contributed by atoms with Crippen LogP contribution in [-0.4, -0.2) is 7.28 Å². The first-order valence-electron chi connectivity index (χ1n) is 5.40. The Hall–Kier alpha value is -0.655. The summed E-state index contributed by atoms with van der Waals surface area (Å²) in [5.74, 6) is 0. The average molecular weight is 195 g/mol. The largest absolute Gasteiger partial charge is 0.473 e. The SMILES string of the molecule is CC.C[B]C(C)(C)CC.c1ccoc1. The van der Waals surface area contributed by atoms with E-state index >= 15 is 0 Å². The van der Waals surface area contributed by atoms with Crippen LogP contribution in [-0.2, 0) is 0 Å². The third-order valence-electron chi connectivity index (χ3n) is 2.12. The molecule has 0 saturated heterocycles. The highest BCUT2D eigenvalue weighted by Crippen LogP contribution is 2.25. The van der Waals surface area contributed by atoms with Gasteiger partial charge in [0.25, 0.3) is 0 Å². The Bertz CT molecular complexity index is 145. The monoisotopic (exact) mass is 195 g/mol. The first-order valence-corrected chi connectivity index (χ1v) is 5.40. The normalized spacial score (nSPS) is 9.00. The fourth-order valence-corrected chi connectivity index (χ4v) is 0.431. The Balaban J connectivity index is 0. The van der Waals surface area contributed by atoms with Crippen molar-refractivity contribution in [1.29, 1.82) is 0 Å². The van der Waals surface area contributed by atoms with E-state index in [9.17, 15) is 0 Å².